The molecule has 3 rings (SSSR count). The van der Waals surface area contributed by atoms with E-state index in [1.165, 1.54) is 30.5 Å². The summed E-state index contributed by atoms with van der Waals surface area (Å²) in [6.45, 7) is 0. The lowest BCUT2D eigenvalue weighted by atomic mass is 10.1. The molecule has 2 aromatic rings. The lowest BCUT2D eigenvalue weighted by Gasteiger charge is -2.07. The predicted octanol–water partition coefficient (Wildman–Crippen LogP) is 3.67. The average molecular weight is 246 g/mol. The number of aryl methyl sites for hydroxylation is 1. The van der Waals surface area contributed by atoms with Crippen molar-refractivity contribution in [1.82, 2.24) is 9.97 Å². The zero-order valence-electron chi connectivity index (χ0n) is 9.53. The van der Waals surface area contributed by atoms with Gasteiger partial charge in [-0.25, -0.2) is 4.98 Å². The van der Waals surface area contributed by atoms with Gasteiger partial charge < -0.3 is 9.40 Å². The molecule has 0 saturated heterocycles. The van der Waals surface area contributed by atoms with Gasteiger partial charge in [0.1, 0.15) is 16.7 Å². The predicted molar refractivity (Wildman–Crippen MR) is 68.4 cm³/mol. The van der Waals surface area contributed by atoms with E-state index < -0.39 is 0 Å². The van der Waals surface area contributed by atoms with Crippen LogP contribution >= 0.6 is 12.2 Å². The fraction of sp³-hybridized carbons (Fsp3) is 0.385. The first-order chi connectivity index (χ1) is 8.34. The second-order valence-corrected chi connectivity index (χ2v) is 4.81. The lowest BCUT2D eigenvalue weighted by molar-refractivity contribution is 0.568. The third kappa shape index (κ3) is 2.05. The second kappa shape index (κ2) is 4.45. The van der Waals surface area contributed by atoms with Crippen LogP contribution in [0.5, 0.6) is 0 Å². The molecular weight excluding hydrogens is 232 g/mol. The largest absolute Gasteiger partial charge is 0.472 e. The standard InChI is InChI=1S/C13H14N2OS/c17-13-10-4-2-1-3-5-11(10)14-12(15-13)9-6-7-16-8-9/h6-8H,1-5H2,(H,14,15,17). The molecule has 0 fully saturated rings. The van der Waals surface area contributed by atoms with E-state index in [1.807, 2.05) is 6.07 Å². The summed E-state index contributed by atoms with van der Waals surface area (Å²) in [5.74, 6) is 0.824. The van der Waals surface area contributed by atoms with E-state index in [0.29, 0.717) is 0 Å². The van der Waals surface area contributed by atoms with Crippen molar-refractivity contribution in [2.24, 2.45) is 0 Å². The SMILES string of the molecule is S=c1nc(-c2ccoc2)[nH]c2c1CCCCC2. The van der Waals surface area contributed by atoms with Gasteiger partial charge in [0, 0.05) is 11.3 Å². The van der Waals surface area contributed by atoms with E-state index in [-0.39, 0.29) is 0 Å². The van der Waals surface area contributed by atoms with Gasteiger partial charge in [-0.05, 0) is 31.7 Å². The molecule has 1 aliphatic rings. The topological polar surface area (TPSA) is 41.8 Å². The molecule has 1 N–H and O–H groups in total. The van der Waals surface area contributed by atoms with E-state index >= 15 is 0 Å². The maximum Gasteiger partial charge on any atom is 0.142 e. The minimum atomic E-state index is 0.747. The molecule has 0 aromatic carbocycles. The number of fused-ring (bicyclic) bond motifs is 1. The highest BCUT2D eigenvalue weighted by Gasteiger charge is 2.13. The summed E-state index contributed by atoms with van der Waals surface area (Å²) < 4.78 is 5.83. The van der Waals surface area contributed by atoms with Crippen molar-refractivity contribution in [1.29, 1.82) is 0 Å². The van der Waals surface area contributed by atoms with Gasteiger partial charge in [-0.3, -0.25) is 0 Å². The minimum absolute atomic E-state index is 0.747. The maximum absolute atomic E-state index is 5.40. The van der Waals surface area contributed by atoms with Crippen LogP contribution in [0.4, 0.5) is 0 Å². The maximum atomic E-state index is 5.40. The molecule has 3 nitrogen and oxygen atoms in total. The Balaban J connectivity index is 2.12. The molecule has 0 atom stereocenters. The number of nitrogens with zero attached hydrogens (tertiary/aromatic N) is 1. The summed E-state index contributed by atoms with van der Waals surface area (Å²) in [6, 6.07) is 1.90. The fourth-order valence-electron chi connectivity index (χ4n) is 2.33. The van der Waals surface area contributed by atoms with Crippen molar-refractivity contribution in [3.05, 3.63) is 34.5 Å². The van der Waals surface area contributed by atoms with Gasteiger partial charge in [-0.15, -0.1) is 0 Å². The van der Waals surface area contributed by atoms with E-state index in [9.17, 15) is 0 Å². The van der Waals surface area contributed by atoms with Crippen LogP contribution in [0.2, 0.25) is 0 Å². The van der Waals surface area contributed by atoms with Crippen LogP contribution < -0.4 is 0 Å². The van der Waals surface area contributed by atoms with Crippen LogP contribution in [0.15, 0.2) is 23.0 Å². The van der Waals surface area contributed by atoms with Crippen molar-refractivity contribution in [2.75, 3.05) is 0 Å². The van der Waals surface area contributed by atoms with Crippen LogP contribution in [0.3, 0.4) is 0 Å². The summed E-state index contributed by atoms with van der Waals surface area (Å²) >= 11 is 5.40. The number of furan rings is 1. The zero-order valence-corrected chi connectivity index (χ0v) is 10.3. The Bertz CT molecular complexity index is 572. The summed E-state index contributed by atoms with van der Waals surface area (Å²) in [4.78, 5) is 7.88. The third-order valence-electron chi connectivity index (χ3n) is 3.25. The van der Waals surface area contributed by atoms with Crippen LogP contribution in [0.1, 0.15) is 30.5 Å². The van der Waals surface area contributed by atoms with E-state index in [1.54, 1.807) is 12.5 Å². The van der Waals surface area contributed by atoms with Gasteiger partial charge >= 0.3 is 0 Å². The number of nitrogens with one attached hydrogen (secondary N) is 1. The number of hydrogen-bond acceptors (Lipinski definition) is 3. The highest BCUT2D eigenvalue weighted by Crippen LogP contribution is 2.23. The molecule has 1 aliphatic carbocycles. The smallest absolute Gasteiger partial charge is 0.142 e. The van der Waals surface area contributed by atoms with Crippen molar-refractivity contribution < 1.29 is 4.42 Å². The van der Waals surface area contributed by atoms with Gasteiger partial charge in [0.2, 0.25) is 0 Å². The van der Waals surface area contributed by atoms with Crippen LogP contribution in [-0.4, -0.2) is 9.97 Å². The molecule has 0 unspecified atom stereocenters. The first-order valence-electron chi connectivity index (χ1n) is 5.99. The van der Waals surface area contributed by atoms with E-state index in [2.05, 4.69) is 9.97 Å². The molecule has 0 amide bonds. The van der Waals surface area contributed by atoms with Crippen molar-refractivity contribution in [3.63, 3.8) is 0 Å². The van der Waals surface area contributed by atoms with Gasteiger partial charge in [0.05, 0.1) is 11.8 Å². The Morgan fingerprint density at radius 3 is 2.94 bits per heavy atom. The number of hydrogen-bond donors (Lipinski definition) is 1. The molecule has 2 aromatic heterocycles. The van der Waals surface area contributed by atoms with E-state index in [4.69, 9.17) is 16.6 Å². The van der Waals surface area contributed by atoms with Crippen LogP contribution in [0, 0.1) is 4.64 Å². The normalized spacial score (nSPS) is 15.3. The third-order valence-corrected chi connectivity index (χ3v) is 3.59. The fourth-order valence-corrected chi connectivity index (χ4v) is 2.65. The Kier molecular flexibility index (Phi) is 2.81. The number of H-pyrrole nitrogens is 1. The Hall–Kier alpha value is -1.42. The Labute approximate surface area is 105 Å². The molecule has 2 heterocycles. The first kappa shape index (κ1) is 10.7. The Morgan fingerprint density at radius 1 is 1.24 bits per heavy atom. The molecule has 0 aliphatic heterocycles. The number of rotatable bonds is 1. The molecule has 0 spiro atoms. The van der Waals surface area contributed by atoms with E-state index in [0.717, 1.165) is 28.9 Å². The number of aromatic nitrogens is 2. The van der Waals surface area contributed by atoms with Gasteiger partial charge in [0.25, 0.3) is 0 Å². The molecule has 4 heteroatoms. The summed E-state index contributed by atoms with van der Waals surface area (Å²) in [5.41, 5.74) is 3.46. The molecule has 88 valence electrons. The van der Waals surface area contributed by atoms with Crippen LogP contribution in [0.25, 0.3) is 11.4 Å². The van der Waals surface area contributed by atoms with Gasteiger partial charge in [-0.2, -0.15) is 0 Å². The molecule has 0 radical (unpaired) electrons. The van der Waals surface area contributed by atoms with Crippen molar-refractivity contribution >= 4 is 12.2 Å². The highest BCUT2D eigenvalue weighted by atomic mass is 32.1. The quantitative estimate of drug-likeness (QED) is 0.616. The summed E-state index contributed by atoms with van der Waals surface area (Å²) in [6.07, 6.45) is 9.20. The zero-order chi connectivity index (χ0) is 11.7. The molecule has 17 heavy (non-hydrogen) atoms. The van der Waals surface area contributed by atoms with Gasteiger partial charge in [0.15, 0.2) is 0 Å². The Morgan fingerprint density at radius 2 is 2.12 bits per heavy atom. The monoisotopic (exact) mass is 246 g/mol. The lowest BCUT2D eigenvalue weighted by Crippen LogP contribution is -2.01. The van der Waals surface area contributed by atoms with Crippen molar-refractivity contribution in [2.45, 2.75) is 32.1 Å². The number of aromatic amines is 1. The average Bonchev–Trinajstić information content (AvgIpc) is 2.75. The minimum Gasteiger partial charge on any atom is -0.472 e. The first-order valence-corrected chi connectivity index (χ1v) is 6.40. The van der Waals surface area contributed by atoms with Crippen LogP contribution in [-0.2, 0) is 12.8 Å². The summed E-state index contributed by atoms with van der Waals surface area (Å²) in [7, 11) is 0. The molecule has 0 bridgehead atoms. The highest BCUT2D eigenvalue weighted by molar-refractivity contribution is 7.71. The van der Waals surface area contributed by atoms with Gasteiger partial charge in [-0.1, -0.05) is 18.6 Å². The molecular formula is C13H14N2OS. The summed E-state index contributed by atoms with van der Waals surface area (Å²) in [5, 5.41) is 0. The molecule has 0 saturated carbocycles. The van der Waals surface area contributed by atoms with Crippen molar-refractivity contribution in [3.8, 4) is 11.4 Å². The second-order valence-electron chi connectivity index (χ2n) is 4.42.